The number of nitrogens with two attached hydrogens (primary N) is 1. The zero-order valence-corrected chi connectivity index (χ0v) is 9.30. The maximum atomic E-state index is 5.60. The summed E-state index contributed by atoms with van der Waals surface area (Å²) in [5.74, 6) is 0.929. The highest BCUT2D eigenvalue weighted by molar-refractivity contribution is 5.45. The first-order chi connectivity index (χ1) is 7.75. The Kier molecular flexibility index (Phi) is 3.05. The maximum absolute atomic E-state index is 5.60. The lowest BCUT2D eigenvalue weighted by atomic mass is 10.2. The maximum Gasteiger partial charge on any atom is 0.128 e. The Balaban J connectivity index is 2.09. The van der Waals surface area contributed by atoms with E-state index in [0.29, 0.717) is 5.69 Å². The van der Waals surface area contributed by atoms with E-state index in [9.17, 15) is 0 Å². The number of aromatic nitrogens is 1. The predicted molar refractivity (Wildman–Crippen MR) is 67.2 cm³/mol. The Labute approximate surface area is 95.5 Å². The number of nitrogen functional groups attached to an aromatic ring is 1. The van der Waals surface area contributed by atoms with E-state index in [1.807, 2.05) is 37.4 Å². The van der Waals surface area contributed by atoms with Gasteiger partial charge in [-0.1, -0.05) is 30.3 Å². The van der Waals surface area contributed by atoms with Crippen LogP contribution in [-0.4, -0.2) is 12.0 Å². The van der Waals surface area contributed by atoms with Gasteiger partial charge >= 0.3 is 0 Å². The molecule has 0 saturated carbocycles. The molecule has 0 saturated heterocycles. The predicted octanol–water partition coefficient (Wildman–Crippen LogP) is 2.30. The second-order valence-electron chi connectivity index (χ2n) is 3.79. The monoisotopic (exact) mass is 213 g/mol. The Bertz CT molecular complexity index is 436. The van der Waals surface area contributed by atoms with Gasteiger partial charge in [-0.3, -0.25) is 0 Å². The van der Waals surface area contributed by atoms with Gasteiger partial charge in [0, 0.05) is 13.6 Å². The summed E-state index contributed by atoms with van der Waals surface area (Å²) in [6.45, 7) is 0.845. The molecule has 0 aliphatic heterocycles. The molecule has 0 fully saturated rings. The van der Waals surface area contributed by atoms with Gasteiger partial charge in [0.25, 0.3) is 0 Å². The van der Waals surface area contributed by atoms with Gasteiger partial charge in [-0.25, -0.2) is 4.98 Å². The third-order valence-electron chi connectivity index (χ3n) is 2.42. The number of rotatable bonds is 3. The van der Waals surface area contributed by atoms with Crippen molar-refractivity contribution in [2.24, 2.45) is 0 Å². The van der Waals surface area contributed by atoms with Crippen LogP contribution in [-0.2, 0) is 6.54 Å². The molecule has 0 spiro atoms. The molecule has 1 aromatic heterocycles. The van der Waals surface area contributed by atoms with E-state index in [4.69, 9.17) is 5.73 Å². The molecule has 1 heterocycles. The van der Waals surface area contributed by atoms with Crippen LogP contribution in [0.4, 0.5) is 11.5 Å². The van der Waals surface area contributed by atoms with Gasteiger partial charge in [-0.15, -0.1) is 0 Å². The van der Waals surface area contributed by atoms with Crippen molar-refractivity contribution in [3.63, 3.8) is 0 Å². The zero-order valence-electron chi connectivity index (χ0n) is 9.30. The number of hydrogen-bond acceptors (Lipinski definition) is 3. The molecular formula is C13H15N3. The largest absolute Gasteiger partial charge is 0.397 e. The molecular weight excluding hydrogens is 198 g/mol. The molecule has 0 aliphatic carbocycles. The first-order valence-corrected chi connectivity index (χ1v) is 5.22. The normalized spacial score (nSPS) is 10.1. The van der Waals surface area contributed by atoms with Crippen molar-refractivity contribution in [1.29, 1.82) is 0 Å². The van der Waals surface area contributed by atoms with Crippen LogP contribution in [0.5, 0.6) is 0 Å². The average molecular weight is 213 g/mol. The number of nitrogens with zero attached hydrogens (tertiary/aromatic N) is 2. The van der Waals surface area contributed by atoms with Crippen LogP contribution in [0.25, 0.3) is 0 Å². The van der Waals surface area contributed by atoms with Gasteiger partial charge in [-0.2, -0.15) is 0 Å². The zero-order chi connectivity index (χ0) is 11.4. The van der Waals surface area contributed by atoms with E-state index in [-0.39, 0.29) is 0 Å². The van der Waals surface area contributed by atoms with E-state index in [2.05, 4.69) is 22.0 Å². The molecule has 2 aromatic rings. The quantitative estimate of drug-likeness (QED) is 0.850. The molecule has 0 unspecified atom stereocenters. The molecule has 0 atom stereocenters. The van der Waals surface area contributed by atoms with Crippen molar-refractivity contribution >= 4 is 11.5 Å². The number of anilines is 2. The van der Waals surface area contributed by atoms with Crippen molar-refractivity contribution in [2.75, 3.05) is 17.7 Å². The second kappa shape index (κ2) is 4.66. The van der Waals surface area contributed by atoms with Gasteiger partial charge in [0.1, 0.15) is 5.82 Å². The van der Waals surface area contributed by atoms with Gasteiger partial charge < -0.3 is 10.6 Å². The van der Waals surface area contributed by atoms with Crippen molar-refractivity contribution in [3.8, 4) is 0 Å². The fourth-order valence-corrected chi connectivity index (χ4v) is 1.56. The highest BCUT2D eigenvalue weighted by atomic mass is 15.2. The molecule has 16 heavy (non-hydrogen) atoms. The molecule has 3 heteroatoms. The first-order valence-electron chi connectivity index (χ1n) is 5.22. The molecule has 0 radical (unpaired) electrons. The summed E-state index contributed by atoms with van der Waals surface area (Å²) in [6, 6.07) is 14.1. The van der Waals surface area contributed by atoms with Crippen LogP contribution in [0.3, 0.4) is 0 Å². The minimum atomic E-state index is 0.692. The highest BCUT2D eigenvalue weighted by Crippen LogP contribution is 2.13. The molecule has 0 bridgehead atoms. The summed E-state index contributed by atoms with van der Waals surface area (Å²) in [5.41, 5.74) is 7.56. The number of benzene rings is 1. The number of hydrogen-bond donors (Lipinski definition) is 1. The first kappa shape index (κ1) is 10.5. The third-order valence-corrected chi connectivity index (χ3v) is 2.42. The molecule has 2 N–H and O–H groups in total. The van der Waals surface area contributed by atoms with Gasteiger partial charge in [0.15, 0.2) is 0 Å². The fraction of sp³-hybridized carbons (Fsp3) is 0.154. The lowest BCUT2D eigenvalue weighted by Crippen LogP contribution is -2.17. The van der Waals surface area contributed by atoms with Gasteiger partial charge in [0.05, 0.1) is 11.9 Å². The molecule has 0 aliphatic rings. The lowest BCUT2D eigenvalue weighted by molar-refractivity contribution is 0.898. The number of pyridine rings is 1. The van der Waals surface area contributed by atoms with Crippen LogP contribution in [0.15, 0.2) is 48.7 Å². The van der Waals surface area contributed by atoms with Crippen LogP contribution >= 0.6 is 0 Å². The third kappa shape index (κ3) is 2.51. The summed E-state index contributed by atoms with van der Waals surface area (Å²) in [4.78, 5) is 6.37. The summed E-state index contributed by atoms with van der Waals surface area (Å²) < 4.78 is 0. The second-order valence-corrected chi connectivity index (χ2v) is 3.79. The molecule has 3 nitrogen and oxygen atoms in total. The van der Waals surface area contributed by atoms with Gasteiger partial charge in [-0.05, 0) is 17.7 Å². The lowest BCUT2D eigenvalue weighted by Gasteiger charge is -2.18. The summed E-state index contributed by atoms with van der Waals surface area (Å²) >= 11 is 0. The van der Waals surface area contributed by atoms with E-state index in [1.165, 1.54) is 5.56 Å². The summed E-state index contributed by atoms with van der Waals surface area (Å²) in [6.07, 6.45) is 1.68. The minimum absolute atomic E-state index is 0.692. The Hall–Kier alpha value is -2.03. The van der Waals surface area contributed by atoms with Crippen LogP contribution in [0.1, 0.15) is 5.56 Å². The van der Waals surface area contributed by atoms with Crippen molar-refractivity contribution in [2.45, 2.75) is 6.54 Å². The van der Waals surface area contributed by atoms with Crippen LogP contribution in [0.2, 0.25) is 0 Å². The Morgan fingerprint density at radius 1 is 1.12 bits per heavy atom. The smallest absolute Gasteiger partial charge is 0.128 e. The van der Waals surface area contributed by atoms with E-state index >= 15 is 0 Å². The van der Waals surface area contributed by atoms with Crippen LogP contribution < -0.4 is 10.6 Å². The van der Waals surface area contributed by atoms with Crippen molar-refractivity contribution in [3.05, 3.63) is 54.2 Å². The van der Waals surface area contributed by atoms with Crippen LogP contribution in [0, 0.1) is 0 Å². The SMILES string of the molecule is CN(Cc1ccccc1)c1ccc(N)cn1. The average Bonchev–Trinajstić information content (AvgIpc) is 2.31. The standard InChI is InChI=1S/C13H15N3/c1-16(10-11-5-3-2-4-6-11)13-8-7-12(14)9-15-13/h2-9H,10,14H2,1H3. The molecule has 82 valence electrons. The van der Waals surface area contributed by atoms with Crippen molar-refractivity contribution in [1.82, 2.24) is 4.98 Å². The molecule has 1 aromatic carbocycles. The molecule has 0 amide bonds. The summed E-state index contributed by atoms with van der Waals surface area (Å²) in [7, 11) is 2.02. The summed E-state index contributed by atoms with van der Waals surface area (Å²) in [5, 5.41) is 0. The van der Waals surface area contributed by atoms with E-state index < -0.39 is 0 Å². The van der Waals surface area contributed by atoms with E-state index in [1.54, 1.807) is 6.20 Å². The Morgan fingerprint density at radius 2 is 1.88 bits per heavy atom. The van der Waals surface area contributed by atoms with Gasteiger partial charge in [0.2, 0.25) is 0 Å². The Morgan fingerprint density at radius 3 is 2.50 bits per heavy atom. The highest BCUT2D eigenvalue weighted by Gasteiger charge is 2.02. The minimum Gasteiger partial charge on any atom is -0.397 e. The topological polar surface area (TPSA) is 42.1 Å². The molecule has 2 rings (SSSR count). The van der Waals surface area contributed by atoms with E-state index in [0.717, 1.165) is 12.4 Å². The van der Waals surface area contributed by atoms with Crippen molar-refractivity contribution < 1.29 is 0 Å². The fourth-order valence-electron chi connectivity index (χ4n) is 1.56.